The number of methoxy groups -OCH3 is 1. The second-order valence-electron chi connectivity index (χ2n) is 3.72. The molecule has 0 aliphatic rings. The number of nitrogens with one attached hydrogen (secondary N) is 1. The lowest BCUT2D eigenvalue weighted by Gasteiger charge is -2.17. The molecule has 16 heavy (non-hydrogen) atoms. The summed E-state index contributed by atoms with van der Waals surface area (Å²) in [6, 6.07) is 3.74. The molecule has 0 aromatic carbocycles. The Hall–Kier alpha value is -1.20. The quantitative estimate of drug-likeness (QED) is 0.787. The summed E-state index contributed by atoms with van der Waals surface area (Å²) in [4.78, 5) is 0. The van der Waals surface area contributed by atoms with Crippen LogP contribution in [0.15, 0.2) is 12.1 Å². The van der Waals surface area contributed by atoms with E-state index >= 15 is 0 Å². The maximum atomic E-state index is 5.54. The Morgan fingerprint density at radius 1 is 1.31 bits per heavy atom. The van der Waals surface area contributed by atoms with E-state index in [4.69, 9.17) is 9.47 Å². The first-order valence-electron chi connectivity index (χ1n) is 5.33. The Labute approximate surface area is 96.2 Å². The molecule has 5 heteroatoms. The SMILES string of the molecule is CNC(COC(C)C)c1ccc(OC)nn1. The van der Waals surface area contributed by atoms with Crippen LogP contribution in [0.5, 0.6) is 5.88 Å². The summed E-state index contributed by atoms with van der Waals surface area (Å²) >= 11 is 0. The Morgan fingerprint density at radius 2 is 2.06 bits per heavy atom. The topological polar surface area (TPSA) is 56.3 Å². The maximum Gasteiger partial charge on any atom is 0.233 e. The van der Waals surface area contributed by atoms with Crippen LogP contribution in [0.4, 0.5) is 0 Å². The molecule has 0 aliphatic heterocycles. The van der Waals surface area contributed by atoms with E-state index in [9.17, 15) is 0 Å². The Balaban J connectivity index is 2.63. The van der Waals surface area contributed by atoms with Gasteiger partial charge in [0.1, 0.15) is 0 Å². The average Bonchev–Trinajstić information content (AvgIpc) is 2.30. The molecule has 1 aromatic heterocycles. The van der Waals surface area contributed by atoms with E-state index in [1.807, 2.05) is 27.0 Å². The average molecular weight is 225 g/mol. The van der Waals surface area contributed by atoms with Gasteiger partial charge >= 0.3 is 0 Å². The molecular formula is C11H19N3O2. The molecule has 0 radical (unpaired) electrons. The lowest BCUT2D eigenvalue weighted by Crippen LogP contribution is -2.24. The molecule has 1 N–H and O–H groups in total. The molecule has 5 nitrogen and oxygen atoms in total. The minimum atomic E-state index is 0.0563. The van der Waals surface area contributed by atoms with Crippen LogP contribution >= 0.6 is 0 Å². The van der Waals surface area contributed by atoms with Gasteiger partial charge < -0.3 is 14.8 Å². The molecule has 1 aromatic rings. The summed E-state index contributed by atoms with van der Waals surface area (Å²) in [6.07, 6.45) is 0.210. The highest BCUT2D eigenvalue weighted by Gasteiger charge is 2.12. The van der Waals surface area contributed by atoms with Crippen LogP contribution in [0.2, 0.25) is 0 Å². The number of ether oxygens (including phenoxy) is 2. The lowest BCUT2D eigenvalue weighted by atomic mass is 10.2. The van der Waals surface area contributed by atoms with E-state index in [1.165, 1.54) is 0 Å². The molecular weight excluding hydrogens is 206 g/mol. The standard InChI is InChI=1S/C11H19N3O2/c1-8(2)16-7-10(12-3)9-5-6-11(15-4)14-13-9/h5-6,8,10,12H,7H2,1-4H3. The van der Waals surface area contributed by atoms with Crippen LogP contribution < -0.4 is 10.1 Å². The number of hydrogen-bond acceptors (Lipinski definition) is 5. The van der Waals surface area contributed by atoms with Crippen LogP contribution in [0, 0.1) is 0 Å². The van der Waals surface area contributed by atoms with E-state index in [-0.39, 0.29) is 12.1 Å². The highest BCUT2D eigenvalue weighted by Crippen LogP contribution is 2.12. The largest absolute Gasteiger partial charge is 0.480 e. The van der Waals surface area contributed by atoms with Crippen molar-refractivity contribution in [2.75, 3.05) is 20.8 Å². The molecule has 90 valence electrons. The second-order valence-corrected chi connectivity index (χ2v) is 3.72. The number of hydrogen-bond donors (Lipinski definition) is 1. The zero-order chi connectivity index (χ0) is 12.0. The number of aromatic nitrogens is 2. The molecule has 1 atom stereocenters. The third-order valence-corrected chi connectivity index (χ3v) is 2.17. The van der Waals surface area contributed by atoms with Gasteiger partial charge in [-0.15, -0.1) is 5.10 Å². The molecule has 0 saturated carbocycles. The van der Waals surface area contributed by atoms with Crippen LogP contribution in [0.3, 0.4) is 0 Å². The Morgan fingerprint density at radius 3 is 2.50 bits per heavy atom. The third-order valence-electron chi connectivity index (χ3n) is 2.17. The van der Waals surface area contributed by atoms with Gasteiger partial charge in [0.15, 0.2) is 0 Å². The van der Waals surface area contributed by atoms with E-state index in [0.717, 1.165) is 5.69 Å². The zero-order valence-electron chi connectivity index (χ0n) is 10.2. The minimum absolute atomic E-state index is 0.0563. The highest BCUT2D eigenvalue weighted by molar-refractivity contribution is 5.14. The van der Waals surface area contributed by atoms with Crippen LogP contribution in [-0.4, -0.2) is 37.1 Å². The van der Waals surface area contributed by atoms with Gasteiger partial charge in [0.05, 0.1) is 31.6 Å². The molecule has 1 rings (SSSR count). The number of likely N-dealkylation sites (N-methyl/N-ethyl adjacent to an activating group) is 1. The van der Waals surface area contributed by atoms with Gasteiger partial charge in [-0.2, -0.15) is 5.10 Å². The molecule has 1 unspecified atom stereocenters. The molecule has 0 fully saturated rings. The predicted molar refractivity (Wildman–Crippen MR) is 61.5 cm³/mol. The van der Waals surface area contributed by atoms with Gasteiger partial charge in [0, 0.05) is 6.07 Å². The molecule has 1 heterocycles. The smallest absolute Gasteiger partial charge is 0.233 e. The van der Waals surface area contributed by atoms with Gasteiger partial charge in [-0.3, -0.25) is 0 Å². The van der Waals surface area contributed by atoms with Crippen molar-refractivity contribution in [2.45, 2.75) is 26.0 Å². The first kappa shape index (κ1) is 12.9. The Kier molecular flexibility index (Phi) is 5.14. The summed E-state index contributed by atoms with van der Waals surface area (Å²) < 4.78 is 10.5. The number of rotatable bonds is 6. The molecule has 0 aliphatic carbocycles. The van der Waals surface area contributed by atoms with E-state index in [2.05, 4.69) is 15.5 Å². The second kappa shape index (κ2) is 6.40. The van der Waals surface area contributed by atoms with E-state index in [0.29, 0.717) is 12.5 Å². The van der Waals surface area contributed by atoms with Crippen molar-refractivity contribution in [1.29, 1.82) is 0 Å². The van der Waals surface area contributed by atoms with Crippen molar-refractivity contribution in [3.05, 3.63) is 17.8 Å². The van der Waals surface area contributed by atoms with Gasteiger partial charge in [0.2, 0.25) is 5.88 Å². The molecule has 0 saturated heterocycles. The monoisotopic (exact) mass is 225 g/mol. The van der Waals surface area contributed by atoms with Gasteiger partial charge in [-0.1, -0.05) is 0 Å². The summed E-state index contributed by atoms with van der Waals surface area (Å²) in [5.41, 5.74) is 0.851. The van der Waals surface area contributed by atoms with Crippen molar-refractivity contribution in [1.82, 2.24) is 15.5 Å². The fourth-order valence-corrected chi connectivity index (χ4v) is 1.23. The fourth-order valence-electron chi connectivity index (χ4n) is 1.23. The van der Waals surface area contributed by atoms with Gasteiger partial charge in [-0.05, 0) is 27.0 Å². The normalized spacial score (nSPS) is 12.8. The first-order chi connectivity index (χ1) is 7.67. The van der Waals surface area contributed by atoms with E-state index < -0.39 is 0 Å². The van der Waals surface area contributed by atoms with Crippen molar-refractivity contribution in [2.24, 2.45) is 0 Å². The van der Waals surface area contributed by atoms with Crippen LogP contribution in [0.25, 0.3) is 0 Å². The van der Waals surface area contributed by atoms with Crippen LogP contribution in [-0.2, 0) is 4.74 Å². The summed E-state index contributed by atoms with van der Waals surface area (Å²) in [5, 5.41) is 11.1. The molecule has 0 bridgehead atoms. The van der Waals surface area contributed by atoms with Crippen molar-refractivity contribution in [3.63, 3.8) is 0 Å². The van der Waals surface area contributed by atoms with Gasteiger partial charge in [-0.25, -0.2) is 0 Å². The van der Waals surface area contributed by atoms with Crippen molar-refractivity contribution in [3.8, 4) is 5.88 Å². The zero-order valence-corrected chi connectivity index (χ0v) is 10.2. The fraction of sp³-hybridized carbons (Fsp3) is 0.636. The minimum Gasteiger partial charge on any atom is -0.480 e. The lowest BCUT2D eigenvalue weighted by molar-refractivity contribution is 0.0616. The van der Waals surface area contributed by atoms with E-state index in [1.54, 1.807) is 13.2 Å². The molecule has 0 spiro atoms. The Bertz CT molecular complexity index is 301. The maximum absolute atomic E-state index is 5.54. The third kappa shape index (κ3) is 3.75. The first-order valence-corrected chi connectivity index (χ1v) is 5.33. The highest BCUT2D eigenvalue weighted by atomic mass is 16.5. The summed E-state index contributed by atoms with van der Waals surface area (Å²) in [5.74, 6) is 0.517. The van der Waals surface area contributed by atoms with Gasteiger partial charge in [0.25, 0.3) is 0 Å². The van der Waals surface area contributed by atoms with Crippen LogP contribution in [0.1, 0.15) is 25.6 Å². The number of nitrogens with zero attached hydrogens (tertiary/aromatic N) is 2. The molecule has 0 amide bonds. The predicted octanol–water partition coefficient (Wildman–Crippen LogP) is 1.17. The summed E-state index contributed by atoms with van der Waals surface area (Å²) in [6.45, 7) is 4.59. The van der Waals surface area contributed by atoms with Crippen molar-refractivity contribution < 1.29 is 9.47 Å². The van der Waals surface area contributed by atoms with Crippen molar-refractivity contribution >= 4 is 0 Å². The summed E-state index contributed by atoms with van der Waals surface area (Å²) in [7, 11) is 3.45.